The maximum atomic E-state index is 12.7. The Bertz CT molecular complexity index is 740. The third kappa shape index (κ3) is 3.80. The first-order valence-electron chi connectivity index (χ1n) is 7.57. The number of aliphatic imine (C=N–C) groups is 1. The Labute approximate surface area is 136 Å². The summed E-state index contributed by atoms with van der Waals surface area (Å²) in [6, 6.07) is 29.2. The lowest BCUT2D eigenvalue weighted by Crippen LogP contribution is -2.12. The van der Waals surface area contributed by atoms with Gasteiger partial charge in [0, 0.05) is 6.21 Å². The van der Waals surface area contributed by atoms with E-state index in [2.05, 4.69) is 4.99 Å². The molecule has 0 radical (unpaired) electrons. The average Bonchev–Trinajstić information content (AvgIpc) is 2.63. The molecule has 2 nitrogen and oxygen atoms in total. The van der Waals surface area contributed by atoms with Gasteiger partial charge in [-0.05, 0) is 16.7 Å². The highest BCUT2D eigenvalue weighted by Crippen LogP contribution is 2.25. The number of amides is 1. The van der Waals surface area contributed by atoms with Crippen molar-refractivity contribution >= 4 is 12.1 Å². The molecule has 112 valence electrons. The first kappa shape index (κ1) is 14.9. The minimum absolute atomic E-state index is 0.161. The molecule has 0 saturated carbocycles. The summed E-state index contributed by atoms with van der Waals surface area (Å²) < 4.78 is 0. The SMILES string of the molecule is O=C(N=Cc1ccccc1)C(c1ccccc1)c1ccccc1. The lowest BCUT2D eigenvalue weighted by Gasteiger charge is -2.14. The number of benzene rings is 3. The van der Waals surface area contributed by atoms with Gasteiger partial charge in [-0.3, -0.25) is 4.79 Å². The fourth-order valence-corrected chi connectivity index (χ4v) is 2.52. The molecule has 0 spiro atoms. The van der Waals surface area contributed by atoms with E-state index in [1.807, 2.05) is 91.0 Å². The molecular weight excluding hydrogens is 282 g/mol. The summed E-state index contributed by atoms with van der Waals surface area (Å²) in [4.78, 5) is 16.9. The van der Waals surface area contributed by atoms with E-state index in [0.717, 1.165) is 16.7 Å². The van der Waals surface area contributed by atoms with Gasteiger partial charge in [0.1, 0.15) is 0 Å². The molecule has 2 heteroatoms. The smallest absolute Gasteiger partial charge is 0.257 e. The van der Waals surface area contributed by atoms with Crippen molar-refractivity contribution in [3.05, 3.63) is 108 Å². The van der Waals surface area contributed by atoms with E-state index in [9.17, 15) is 4.79 Å². The molecule has 1 amide bonds. The van der Waals surface area contributed by atoms with Gasteiger partial charge in [0.05, 0.1) is 5.92 Å². The van der Waals surface area contributed by atoms with Crippen LogP contribution in [0.3, 0.4) is 0 Å². The molecule has 0 N–H and O–H groups in total. The lowest BCUT2D eigenvalue weighted by molar-refractivity contribution is -0.118. The van der Waals surface area contributed by atoms with Crippen LogP contribution in [0.4, 0.5) is 0 Å². The van der Waals surface area contributed by atoms with Crippen molar-refractivity contribution in [3.8, 4) is 0 Å². The van der Waals surface area contributed by atoms with Gasteiger partial charge in [0.25, 0.3) is 5.91 Å². The fraction of sp³-hybridized carbons (Fsp3) is 0.0476. The van der Waals surface area contributed by atoms with E-state index in [-0.39, 0.29) is 11.8 Å². The number of rotatable bonds is 4. The van der Waals surface area contributed by atoms with Gasteiger partial charge >= 0.3 is 0 Å². The Morgan fingerprint density at radius 2 is 1.13 bits per heavy atom. The molecule has 0 aliphatic heterocycles. The van der Waals surface area contributed by atoms with Gasteiger partial charge in [-0.2, -0.15) is 0 Å². The van der Waals surface area contributed by atoms with Gasteiger partial charge in [0.2, 0.25) is 0 Å². The van der Waals surface area contributed by atoms with Crippen molar-refractivity contribution < 1.29 is 4.79 Å². The molecule has 0 unspecified atom stereocenters. The minimum Gasteiger partial charge on any atom is -0.272 e. The van der Waals surface area contributed by atoms with Gasteiger partial charge < -0.3 is 0 Å². The quantitative estimate of drug-likeness (QED) is 0.654. The van der Waals surface area contributed by atoms with Crippen molar-refractivity contribution in [1.82, 2.24) is 0 Å². The number of nitrogens with zero attached hydrogens (tertiary/aromatic N) is 1. The van der Waals surface area contributed by atoms with Gasteiger partial charge in [-0.25, -0.2) is 4.99 Å². The fourth-order valence-electron chi connectivity index (χ4n) is 2.52. The molecule has 3 aromatic rings. The maximum absolute atomic E-state index is 12.7. The molecule has 0 saturated heterocycles. The summed E-state index contributed by atoms with van der Waals surface area (Å²) in [5, 5.41) is 0. The van der Waals surface area contributed by atoms with Crippen LogP contribution in [0.25, 0.3) is 0 Å². The van der Waals surface area contributed by atoms with Crippen molar-refractivity contribution in [3.63, 3.8) is 0 Å². The van der Waals surface area contributed by atoms with E-state index in [0.29, 0.717) is 0 Å². The van der Waals surface area contributed by atoms with Crippen molar-refractivity contribution in [1.29, 1.82) is 0 Å². The molecule has 0 bridgehead atoms. The van der Waals surface area contributed by atoms with Gasteiger partial charge in [0.15, 0.2) is 0 Å². The number of carbonyl (C=O) groups excluding carboxylic acids is 1. The molecule has 3 rings (SSSR count). The van der Waals surface area contributed by atoms with Crippen LogP contribution in [0.1, 0.15) is 22.6 Å². The summed E-state index contributed by atoms with van der Waals surface area (Å²) in [5.74, 6) is -0.538. The molecule has 0 atom stereocenters. The van der Waals surface area contributed by atoms with Gasteiger partial charge in [-0.15, -0.1) is 0 Å². The highest BCUT2D eigenvalue weighted by atomic mass is 16.1. The average molecular weight is 299 g/mol. The Morgan fingerprint density at radius 1 is 0.696 bits per heavy atom. The molecule has 0 fully saturated rings. The van der Waals surface area contributed by atoms with E-state index in [1.54, 1.807) is 6.21 Å². The first-order chi connectivity index (χ1) is 11.3. The van der Waals surface area contributed by atoms with Crippen LogP contribution < -0.4 is 0 Å². The summed E-state index contributed by atoms with van der Waals surface area (Å²) in [6.07, 6.45) is 1.63. The van der Waals surface area contributed by atoms with Crippen molar-refractivity contribution in [2.75, 3.05) is 0 Å². The molecule has 23 heavy (non-hydrogen) atoms. The highest BCUT2D eigenvalue weighted by molar-refractivity contribution is 5.96. The van der Waals surface area contributed by atoms with Crippen molar-refractivity contribution in [2.45, 2.75) is 5.92 Å². The van der Waals surface area contributed by atoms with Crippen LogP contribution in [0.2, 0.25) is 0 Å². The topological polar surface area (TPSA) is 29.4 Å². The minimum atomic E-state index is -0.377. The lowest BCUT2D eigenvalue weighted by atomic mass is 9.91. The van der Waals surface area contributed by atoms with Crippen molar-refractivity contribution in [2.24, 2.45) is 4.99 Å². The zero-order chi connectivity index (χ0) is 15.9. The maximum Gasteiger partial charge on any atom is 0.257 e. The van der Waals surface area contributed by atoms with Crippen LogP contribution in [-0.4, -0.2) is 12.1 Å². The molecule has 0 aromatic heterocycles. The number of hydrogen-bond acceptors (Lipinski definition) is 1. The normalized spacial score (nSPS) is 11.0. The van der Waals surface area contributed by atoms with Crippen LogP contribution in [0, 0.1) is 0 Å². The molecular formula is C21H17NO. The molecule has 3 aromatic carbocycles. The first-order valence-corrected chi connectivity index (χ1v) is 7.57. The third-order valence-corrected chi connectivity index (χ3v) is 3.65. The molecule has 0 heterocycles. The van der Waals surface area contributed by atoms with E-state index >= 15 is 0 Å². The van der Waals surface area contributed by atoms with Crippen LogP contribution in [-0.2, 0) is 4.79 Å². The summed E-state index contributed by atoms with van der Waals surface area (Å²) in [6.45, 7) is 0. The molecule has 0 aliphatic carbocycles. The predicted molar refractivity (Wildman–Crippen MR) is 93.8 cm³/mol. The predicted octanol–water partition coefficient (Wildman–Crippen LogP) is 4.46. The zero-order valence-electron chi connectivity index (χ0n) is 12.7. The van der Waals surface area contributed by atoms with Crippen LogP contribution in [0.5, 0.6) is 0 Å². The summed E-state index contributed by atoms with van der Waals surface area (Å²) >= 11 is 0. The van der Waals surface area contributed by atoms with E-state index in [4.69, 9.17) is 0 Å². The second-order valence-electron chi connectivity index (χ2n) is 5.26. The second kappa shape index (κ2) is 7.32. The number of carbonyl (C=O) groups is 1. The highest BCUT2D eigenvalue weighted by Gasteiger charge is 2.21. The monoisotopic (exact) mass is 299 g/mol. The Hall–Kier alpha value is -3.00. The number of hydrogen-bond donors (Lipinski definition) is 0. The third-order valence-electron chi connectivity index (χ3n) is 3.65. The largest absolute Gasteiger partial charge is 0.272 e. The van der Waals surface area contributed by atoms with Crippen LogP contribution >= 0.6 is 0 Å². The van der Waals surface area contributed by atoms with E-state index < -0.39 is 0 Å². The van der Waals surface area contributed by atoms with Crippen LogP contribution in [0.15, 0.2) is 96.0 Å². The zero-order valence-corrected chi connectivity index (χ0v) is 12.7. The Morgan fingerprint density at radius 3 is 1.61 bits per heavy atom. The standard InChI is InChI=1S/C21H17NO/c23-21(22-16-17-10-4-1-5-11-17)20(18-12-6-2-7-13-18)19-14-8-3-9-15-19/h1-16,20H. The Kier molecular flexibility index (Phi) is 4.75. The van der Waals surface area contributed by atoms with Gasteiger partial charge in [-0.1, -0.05) is 91.0 Å². The Balaban J connectivity index is 1.93. The summed E-state index contributed by atoms with van der Waals surface area (Å²) in [7, 11) is 0. The molecule has 0 aliphatic rings. The summed E-state index contributed by atoms with van der Waals surface area (Å²) in [5.41, 5.74) is 2.82. The second-order valence-corrected chi connectivity index (χ2v) is 5.26. The van der Waals surface area contributed by atoms with E-state index in [1.165, 1.54) is 0 Å².